The van der Waals surface area contributed by atoms with Crippen LogP contribution in [0, 0.1) is 11.3 Å². The van der Waals surface area contributed by atoms with E-state index in [1.807, 2.05) is 13.0 Å². The first-order valence-electron chi connectivity index (χ1n) is 8.74. The van der Waals surface area contributed by atoms with Crippen LogP contribution in [-0.2, 0) is 10.0 Å². The molecule has 1 aliphatic rings. The van der Waals surface area contributed by atoms with Crippen molar-refractivity contribution in [3.63, 3.8) is 0 Å². The number of sulfonamides is 1. The van der Waals surface area contributed by atoms with Crippen molar-refractivity contribution in [2.45, 2.75) is 11.8 Å². The average Bonchev–Trinajstić information content (AvgIpc) is 2.67. The highest BCUT2D eigenvalue weighted by atomic mass is 35.5. The second-order valence-corrected chi connectivity index (χ2v) is 9.10. The molecule has 0 amide bonds. The van der Waals surface area contributed by atoms with Gasteiger partial charge < -0.3 is 9.64 Å². The molecule has 0 aliphatic carbocycles. The van der Waals surface area contributed by atoms with Gasteiger partial charge in [-0.1, -0.05) is 30.1 Å². The van der Waals surface area contributed by atoms with E-state index in [-0.39, 0.29) is 16.2 Å². The third kappa shape index (κ3) is 4.59. The summed E-state index contributed by atoms with van der Waals surface area (Å²) in [5, 5.41) is 9.96. The number of nitriles is 1. The Hall–Kier alpha value is -1.82. The van der Waals surface area contributed by atoms with Crippen molar-refractivity contribution in [1.29, 1.82) is 5.26 Å². The highest BCUT2D eigenvalue weighted by Gasteiger charge is 2.31. The molecule has 1 saturated heterocycles. The number of hydrogen-bond donors (Lipinski definition) is 0. The van der Waals surface area contributed by atoms with Crippen LogP contribution in [0.1, 0.15) is 12.5 Å². The van der Waals surface area contributed by atoms with Crippen molar-refractivity contribution in [3.05, 3.63) is 52.0 Å². The zero-order valence-corrected chi connectivity index (χ0v) is 17.6. The molecule has 0 saturated carbocycles. The SMILES string of the molecule is CCN1CCN(S(=O)(=O)c2cc(C#N)ccc2Oc2cc(Cl)cc(Cl)c2)CC1. The maximum Gasteiger partial charge on any atom is 0.246 e. The molecule has 1 heterocycles. The highest BCUT2D eigenvalue weighted by Crippen LogP contribution is 2.34. The van der Waals surface area contributed by atoms with E-state index in [4.69, 9.17) is 27.9 Å². The first-order valence-corrected chi connectivity index (χ1v) is 10.9. The van der Waals surface area contributed by atoms with Gasteiger partial charge in [-0.15, -0.1) is 0 Å². The number of halogens is 2. The van der Waals surface area contributed by atoms with Gasteiger partial charge in [0.2, 0.25) is 10.0 Å². The summed E-state index contributed by atoms with van der Waals surface area (Å²) in [6.07, 6.45) is 0. The van der Waals surface area contributed by atoms with Gasteiger partial charge in [0.05, 0.1) is 11.6 Å². The summed E-state index contributed by atoms with van der Waals surface area (Å²) < 4.78 is 33.7. The summed E-state index contributed by atoms with van der Waals surface area (Å²) in [6, 6.07) is 10.9. The number of rotatable bonds is 5. The van der Waals surface area contributed by atoms with E-state index < -0.39 is 10.0 Å². The van der Waals surface area contributed by atoms with Crippen LogP contribution in [0.2, 0.25) is 10.0 Å². The van der Waals surface area contributed by atoms with Gasteiger partial charge in [-0.25, -0.2) is 8.42 Å². The Balaban J connectivity index is 1.98. The number of likely N-dealkylation sites (N-methyl/N-ethyl adjacent to an activating group) is 1. The van der Waals surface area contributed by atoms with Crippen molar-refractivity contribution >= 4 is 33.2 Å². The van der Waals surface area contributed by atoms with Crippen LogP contribution in [0.15, 0.2) is 41.3 Å². The normalized spacial score (nSPS) is 15.9. The van der Waals surface area contributed by atoms with Gasteiger partial charge in [0.25, 0.3) is 0 Å². The van der Waals surface area contributed by atoms with E-state index in [1.54, 1.807) is 18.2 Å². The van der Waals surface area contributed by atoms with Gasteiger partial charge >= 0.3 is 0 Å². The summed E-state index contributed by atoms with van der Waals surface area (Å²) in [4.78, 5) is 2.14. The van der Waals surface area contributed by atoms with Crippen molar-refractivity contribution in [1.82, 2.24) is 9.21 Å². The Labute approximate surface area is 174 Å². The lowest BCUT2D eigenvalue weighted by Crippen LogP contribution is -2.48. The van der Waals surface area contributed by atoms with Crippen LogP contribution >= 0.6 is 23.2 Å². The molecule has 0 atom stereocenters. The minimum absolute atomic E-state index is 0.0485. The number of nitrogens with zero attached hydrogens (tertiary/aromatic N) is 3. The Morgan fingerprint density at radius 1 is 1.07 bits per heavy atom. The Morgan fingerprint density at radius 2 is 1.71 bits per heavy atom. The summed E-state index contributed by atoms with van der Waals surface area (Å²) in [5.74, 6) is 0.435. The monoisotopic (exact) mass is 439 g/mol. The molecule has 9 heteroatoms. The van der Waals surface area contributed by atoms with E-state index in [0.717, 1.165) is 6.54 Å². The summed E-state index contributed by atoms with van der Waals surface area (Å²) in [6.45, 7) is 5.01. The van der Waals surface area contributed by atoms with Crippen LogP contribution in [0.5, 0.6) is 11.5 Å². The van der Waals surface area contributed by atoms with E-state index in [2.05, 4.69) is 4.90 Å². The van der Waals surface area contributed by atoms with Crippen LogP contribution in [-0.4, -0.2) is 50.3 Å². The van der Waals surface area contributed by atoms with E-state index in [1.165, 1.54) is 22.5 Å². The van der Waals surface area contributed by atoms with E-state index in [9.17, 15) is 13.7 Å². The Kier molecular flexibility index (Phi) is 6.48. The maximum atomic E-state index is 13.3. The summed E-state index contributed by atoms with van der Waals surface area (Å²) >= 11 is 12.0. The molecule has 148 valence electrons. The third-order valence-electron chi connectivity index (χ3n) is 4.53. The quantitative estimate of drug-likeness (QED) is 0.703. The van der Waals surface area contributed by atoms with Crippen LogP contribution in [0.3, 0.4) is 0 Å². The van der Waals surface area contributed by atoms with Crippen molar-refractivity contribution in [2.24, 2.45) is 0 Å². The molecule has 3 rings (SSSR count). The molecule has 0 aromatic heterocycles. The molecule has 1 aliphatic heterocycles. The fourth-order valence-corrected chi connectivity index (χ4v) is 5.07. The number of hydrogen-bond acceptors (Lipinski definition) is 5. The van der Waals surface area contributed by atoms with Gasteiger partial charge in [-0.2, -0.15) is 9.57 Å². The van der Waals surface area contributed by atoms with Crippen LogP contribution in [0.4, 0.5) is 0 Å². The third-order valence-corrected chi connectivity index (χ3v) is 6.89. The zero-order chi connectivity index (χ0) is 20.3. The smallest absolute Gasteiger partial charge is 0.246 e. The zero-order valence-electron chi connectivity index (χ0n) is 15.2. The molecule has 2 aromatic carbocycles. The lowest BCUT2D eigenvalue weighted by Gasteiger charge is -2.33. The number of piperazine rings is 1. The van der Waals surface area contributed by atoms with Crippen LogP contribution in [0.25, 0.3) is 0 Å². The molecule has 6 nitrogen and oxygen atoms in total. The van der Waals surface area contributed by atoms with Gasteiger partial charge in [-0.05, 0) is 42.9 Å². The number of ether oxygens (including phenoxy) is 1. The second kappa shape index (κ2) is 8.68. The van der Waals surface area contributed by atoms with Gasteiger partial charge in [0.1, 0.15) is 16.4 Å². The molecule has 0 N–H and O–H groups in total. The first kappa shape index (κ1) is 20.9. The molecule has 0 bridgehead atoms. The second-order valence-electron chi connectivity index (χ2n) is 6.32. The Bertz CT molecular complexity index is 993. The lowest BCUT2D eigenvalue weighted by molar-refractivity contribution is 0.196. The fourth-order valence-electron chi connectivity index (χ4n) is 3.00. The van der Waals surface area contributed by atoms with Crippen molar-refractivity contribution in [3.8, 4) is 17.6 Å². The van der Waals surface area contributed by atoms with Gasteiger partial charge in [-0.3, -0.25) is 0 Å². The van der Waals surface area contributed by atoms with Crippen molar-refractivity contribution in [2.75, 3.05) is 32.7 Å². The molecule has 2 aromatic rings. The molecule has 0 unspecified atom stereocenters. The molecular weight excluding hydrogens is 421 g/mol. The van der Waals surface area contributed by atoms with E-state index in [0.29, 0.717) is 42.0 Å². The van der Waals surface area contributed by atoms with Gasteiger partial charge in [0.15, 0.2) is 0 Å². The summed E-state index contributed by atoms with van der Waals surface area (Å²) in [7, 11) is -3.83. The predicted molar refractivity (Wildman–Crippen MR) is 109 cm³/mol. The first-order chi connectivity index (χ1) is 13.3. The fraction of sp³-hybridized carbons (Fsp3) is 0.316. The van der Waals surface area contributed by atoms with Crippen molar-refractivity contribution < 1.29 is 13.2 Å². The van der Waals surface area contributed by atoms with Crippen LogP contribution < -0.4 is 4.74 Å². The average molecular weight is 440 g/mol. The molecule has 0 spiro atoms. The topological polar surface area (TPSA) is 73.6 Å². The largest absolute Gasteiger partial charge is 0.456 e. The molecule has 28 heavy (non-hydrogen) atoms. The van der Waals surface area contributed by atoms with Gasteiger partial charge in [0, 0.05) is 36.2 Å². The standard InChI is InChI=1S/C19H19Cl2N3O3S/c1-2-23-5-7-24(8-6-23)28(25,26)19-9-14(13-22)3-4-18(19)27-17-11-15(20)10-16(21)12-17/h3-4,9-12H,2,5-8H2,1H3. The highest BCUT2D eigenvalue weighted by molar-refractivity contribution is 7.89. The maximum absolute atomic E-state index is 13.3. The molecule has 0 radical (unpaired) electrons. The molecule has 1 fully saturated rings. The number of benzene rings is 2. The minimum atomic E-state index is -3.83. The predicted octanol–water partition coefficient (Wildman–Crippen LogP) is 3.98. The van der Waals surface area contributed by atoms with E-state index >= 15 is 0 Å². The minimum Gasteiger partial charge on any atom is -0.456 e. The Morgan fingerprint density at radius 3 is 2.29 bits per heavy atom. The lowest BCUT2D eigenvalue weighted by atomic mass is 10.2. The summed E-state index contributed by atoms with van der Waals surface area (Å²) in [5.41, 5.74) is 0.238. The molecular formula is C19H19Cl2N3O3S.